The second kappa shape index (κ2) is 5.57. The first kappa shape index (κ1) is 14.8. The fraction of sp³-hybridized carbons (Fsp3) is 0.294. The maximum Gasteiger partial charge on any atom is 0.166 e. The van der Waals surface area contributed by atoms with E-state index in [1.165, 1.54) is 24.3 Å². The van der Waals surface area contributed by atoms with E-state index < -0.39 is 11.4 Å². The van der Waals surface area contributed by atoms with Gasteiger partial charge in [0, 0.05) is 24.8 Å². The molecule has 5 heteroatoms. The van der Waals surface area contributed by atoms with Gasteiger partial charge in [0.2, 0.25) is 0 Å². The number of anilines is 1. The van der Waals surface area contributed by atoms with Gasteiger partial charge in [-0.3, -0.25) is 0 Å². The van der Waals surface area contributed by atoms with E-state index >= 15 is 0 Å². The van der Waals surface area contributed by atoms with E-state index in [1.54, 1.807) is 18.2 Å². The Morgan fingerprint density at radius 2 is 1.73 bits per heavy atom. The molecule has 0 radical (unpaired) electrons. The van der Waals surface area contributed by atoms with Gasteiger partial charge in [-0.1, -0.05) is 12.1 Å². The van der Waals surface area contributed by atoms with Crippen LogP contribution in [0.3, 0.4) is 0 Å². The molecule has 2 aromatic carbocycles. The third-order valence-corrected chi connectivity index (χ3v) is 4.25. The zero-order valence-electron chi connectivity index (χ0n) is 12.0. The molecule has 0 spiro atoms. The molecular weight excluding hydrogens is 288 g/mol. The minimum Gasteiger partial charge on any atom is -0.505 e. The number of nitrogens with zero attached hydrogens (tertiary/aromatic N) is 1. The Balaban J connectivity index is 1.75. The standard InChI is InChI=1S/C17H17F2NO2/c18-13-3-1-2-12(10-13)17(22)6-8-20(9-7-17)14-4-5-16(21)15(19)11-14/h1-5,10-11,21-22H,6-9H2. The third kappa shape index (κ3) is 2.76. The molecule has 0 bridgehead atoms. The summed E-state index contributed by atoms with van der Waals surface area (Å²) >= 11 is 0. The second-order valence-electron chi connectivity index (χ2n) is 5.66. The molecule has 1 heterocycles. The van der Waals surface area contributed by atoms with E-state index in [2.05, 4.69) is 0 Å². The summed E-state index contributed by atoms with van der Waals surface area (Å²) in [6, 6.07) is 10.3. The Kier molecular flexibility index (Phi) is 3.74. The topological polar surface area (TPSA) is 43.7 Å². The van der Waals surface area contributed by atoms with Crippen LogP contribution in [0.4, 0.5) is 14.5 Å². The van der Waals surface area contributed by atoms with Gasteiger partial charge in [-0.25, -0.2) is 8.78 Å². The molecule has 1 aliphatic rings. The number of piperidine rings is 1. The summed E-state index contributed by atoms with van der Waals surface area (Å²) in [7, 11) is 0. The number of hydrogen-bond donors (Lipinski definition) is 2. The van der Waals surface area contributed by atoms with E-state index in [9.17, 15) is 19.0 Å². The minimum atomic E-state index is -1.06. The second-order valence-corrected chi connectivity index (χ2v) is 5.66. The van der Waals surface area contributed by atoms with Crippen molar-refractivity contribution in [1.82, 2.24) is 0 Å². The van der Waals surface area contributed by atoms with E-state index in [1.807, 2.05) is 4.90 Å². The molecule has 1 aliphatic heterocycles. The van der Waals surface area contributed by atoms with Gasteiger partial charge in [0.1, 0.15) is 5.82 Å². The van der Waals surface area contributed by atoms with Gasteiger partial charge in [0.15, 0.2) is 11.6 Å². The van der Waals surface area contributed by atoms with Crippen molar-refractivity contribution in [2.24, 2.45) is 0 Å². The van der Waals surface area contributed by atoms with Gasteiger partial charge in [-0.05, 0) is 42.7 Å². The zero-order valence-corrected chi connectivity index (χ0v) is 12.0. The summed E-state index contributed by atoms with van der Waals surface area (Å²) < 4.78 is 26.8. The molecule has 2 N–H and O–H groups in total. The molecule has 0 amide bonds. The monoisotopic (exact) mass is 305 g/mol. The zero-order chi connectivity index (χ0) is 15.7. The molecule has 0 atom stereocenters. The Morgan fingerprint density at radius 1 is 1.00 bits per heavy atom. The average Bonchev–Trinajstić information content (AvgIpc) is 2.51. The van der Waals surface area contributed by atoms with Crippen molar-refractivity contribution in [3.8, 4) is 5.75 Å². The van der Waals surface area contributed by atoms with E-state index in [0.717, 1.165) is 0 Å². The van der Waals surface area contributed by atoms with Crippen molar-refractivity contribution >= 4 is 5.69 Å². The molecule has 0 aromatic heterocycles. The first-order valence-electron chi connectivity index (χ1n) is 7.20. The smallest absolute Gasteiger partial charge is 0.166 e. The number of benzene rings is 2. The highest BCUT2D eigenvalue weighted by atomic mass is 19.1. The van der Waals surface area contributed by atoms with Crippen LogP contribution in [-0.2, 0) is 5.60 Å². The summed E-state index contributed by atoms with van der Waals surface area (Å²) in [5, 5.41) is 20.0. The third-order valence-electron chi connectivity index (χ3n) is 4.25. The molecule has 1 fully saturated rings. The predicted octanol–water partition coefficient (Wildman–Crippen LogP) is 3.16. The Hall–Kier alpha value is -2.14. The summed E-state index contributed by atoms with van der Waals surface area (Å²) in [6.45, 7) is 1.05. The predicted molar refractivity (Wildman–Crippen MR) is 79.8 cm³/mol. The lowest BCUT2D eigenvalue weighted by Gasteiger charge is -2.39. The van der Waals surface area contributed by atoms with Gasteiger partial charge in [0.05, 0.1) is 5.60 Å². The molecule has 0 unspecified atom stereocenters. The maximum atomic E-state index is 13.4. The van der Waals surface area contributed by atoms with Gasteiger partial charge in [-0.2, -0.15) is 0 Å². The maximum absolute atomic E-state index is 13.4. The number of halogens is 2. The minimum absolute atomic E-state index is 0.367. The van der Waals surface area contributed by atoms with Crippen LogP contribution in [0.1, 0.15) is 18.4 Å². The number of aromatic hydroxyl groups is 1. The number of aliphatic hydroxyl groups is 1. The number of phenolic OH excluding ortho intramolecular Hbond substituents is 1. The van der Waals surface area contributed by atoms with Crippen LogP contribution >= 0.6 is 0 Å². The number of phenols is 1. The van der Waals surface area contributed by atoms with Crippen molar-refractivity contribution in [3.63, 3.8) is 0 Å². The largest absolute Gasteiger partial charge is 0.505 e. The molecule has 0 aliphatic carbocycles. The number of rotatable bonds is 2. The molecule has 1 saturated heterocycles. The Morgan fingerprint density at radius 3 is 2.36 bits per heavy atom. The molecule has 3 nitrogen and oxygen atoms in total. The van der Waals surface area contributed by atoms with Gasteiger partial charge in [-0.15, -0.1) is 0 Å². The molecule has 0 saturated carbocycles. The highest BCUT2D eigenvalue weighted by Crippen LogP contribution is 2.35. The van der Waals surface area contributed by atoms with E-state index in [4.69, 9.17) is 0 Å². The van der Waals surface area contributed by atoms with Crippen molar-refractivity contribution < 1.29 is 19.0 Å². The van der Waals surface area contributed by atoms with Crippen LogP contribution in [0, 0.1) is 11.6 Å². The number of hydrogen-bond acceptors (Lipinski definition) is 3. The molecule has 3 rings (SSSR count). The highest BCUT2D eigenvalue weighted by molar-refractivity contribution is 5.50. The van der Waals surface area contributed by atoms with Crippen molar-refractivity contribution in [3.05, 3.63) is 59.7 Å². The van der Waals surface area contributed by atoms with Crippen LogP contribution < -0.4 is 4.90 Å². The SMILES string of the molecule is Oc1ccc(N2CCC(O)(c3cccc(F)c3)CC2)cc1F. The quantitative estimate of drug-likeness (QED) is 0.896. The average molecular weight is 305 g/mol. The fourth-order valence-electron chi connectivity index (χ4n) is 2.89. The molecule has 116 valence electrons. The Bertz CT molecular complexity index is 682. The molecular formula is C17H17F2NO2. The Labute approximate surface area is 127 Å². The lowest BCUT2D eigenvalue weighted by atomic mass is 9.84. The van der Waals surface area contributed by atoms with Crippen LogP contribution in [0.25, 0.3) is 0 Å². The fourth-order valence-corrected chi connectivity index (χ4v) is 2.89. The summed E-state index contributed by atoms with van der Waals surface area (Å²) in [5.41, 5.74) is 0.175. The van der Waals surface area contributed by atoms with E-state index in [-0.39, 0.29) is 11.6 Å². The lowest BCUT2D eigenvalue weighted by Crippen LogP contribution is -2.42. The van der Waals surface area contributed by atoms with Crippen LogP contribution in [0.5, 0.6) is 5.75 Å². The highest BCUT2D eigenvalue weighted by Gasteiger charge is 2.34. The molecule has 22 heavy (non-hydrogen) atoms. The summed E-state index contributed by atoms with van der Waals surface area (Å²) in [5.74, 6) is -1.41. The van der Waals surface area contributed by atoms with Gasteiger partial charge < -0.3 is 15.1 Å². The van der Waals surface area contributed by atoms with Crippen LogP contribution in [0.15, 0.2) is 42.5 Å². The van der Waals surface area contributed by atoms with Crippen LogP contribution in [0.2, 0.25) is 0 Å². The van der Waals surface area contributed by atoms with Crippen molar-refractivity contribution in [2.75, 3.05) is 18.0 Å². The van der Waals surface area contributed by atoms with Crippen molar-refractivity contribution in [2.45, 2.75) is 18.4 Å². The summed E-state index contributed by atoms with van der Waals surface area (Å²) in [4.78, 5) is 1.94. The molecule has 2 aromatic rings. The normalized spacial score (nSPS) is 17.5. The summed E-state index contributed by atoms with van der Waals surface area (Å²) in [6.07, 6.45) is 0.859. The van der Waals surface area contributed by atoms with Gasteiger partial charge >= 0.3 is 0 Å². The first-order valence-corrected chi connectivity index (χ1v) is 7.20. The van der Waals surface area contributed by atoms with Gasteiger partial charge in [0.25, 0.3) is 0 Å². The lowest BCUT2D eigenvalue weighted by molar-refractivity contribution is 0.0115. The first-order chi connectivity index (χ1) is 10.5. The van der Waals surface area contributed by atoms with E-state index in [0.29, 0.717) is 37.2 Å². The van der Waals surface area contributed by atoms with Crippen molar-refractivity contribution in [1.29, 1.82) is 0 Å². The van der Waals surface area contributed by atoms with Crippen LogP contribution in [-0.4, -0.2) is 23.3 Å².